The number of nitrogens with zero attached hydrogens (tertiary/aromatic N) is 2. The SMILES string of the molecule is CC(C)CC(NC(=O)C(Cc1cnc[nH]1)NC(=O)C(CC(C)C)NC(=O)C(N)Cc1cnc[nH]1)C(=O)O. The van der Waals surface area contributed by atoms with Gasteiger partial charge < -0.3 is 36.8 Å². The number of nitrogens with two attached hydrogens (primary N) is 1. The Morgan fingerprint density at radius 3 is 1.73 bits per heavy atom. The van der Waals surface area contributed by atoms with Crippen molar-refractivity contribution in [3.63, 3.8) is 0 Å². The lowest BCUT2D eigenvalue weighted by Crippen LogP contribution is -2.58. The summed E-state index contributed by atoms with van der Waals surface area (Å²) in [6.45, 7) is 7.49. The molecule has 0 saturated heterocycles. The van der Waals surface area contributed by atoms with Gasteiger partial charge in [0.2, 0.25) is 17.7 Å². The van der Waals surface area contributed by atoms with E-state index in [-0.39, 0.29) is 31.1 Å². The van der Waals surface area contributed by atoms with E-state index in [2.05, 4.69) is 35.9 Å². The molecule has 0 fully saturated rings. The number of carboxylic acid groups (broad SMARTS) is 1. The molecule has 13 heteroatoms. The van der Waals surface area contributed by atoms with Crippen LogP contribution in [0.4, 0.5) is 0 Å². The van der Waals surface area contributed by atoms with Crippen molar-refractivity contribution in [3.05, 3.63) is 36.4 Å². The Bertz CT molecular complexity index is 1010. The Kier molecular flexibility index (Phi) is 11.2. The van der Waals surface area contributed by atoms with E-state index in [0.717, 1.165) is 0 Å². The second kappa shape index (κ2) is 14.1. The molecule has 8 N–H and O–H groups in total. The van der Waals surface area contributed by atoms with Crippen LogP contribution >= 0.6 is 0 Å². The highest BCUT2D eigenvalue weighted by Crippen LogP contribution is 2.09. The normalized spacial score (nSPS) is 14.6. The van der Waals surface area contributed by atoms with E-state index < -0.39 is 47.9 Å². The smallest absolute Gasteiger partial charge is 0.326 e. The summed E-state index contributed by atoms with van der Waals surface area (Å²) in [5.74, 6) is -2.84. The number of aromatic nitrogens is 4. The van der Waals surface area contributed by atoms with E-state index in [9.17, 15) is 24.3 Å². The fourth-order valence-electron chi connectivity index (χ4n) is 3.77. The van der Waals surface area contributed by atoms with Gasteiger partial charge in [-0.25, -0.2) is 14.8 Å². The van der Waals surface area contributed by atoms with Gasteiger partial charge in [0.05, 0.1) is 18.7 Å². The van der Waals surface area contributed by atoms with Crippen LogP contribution in [0.15, 0.2) is 25.0 Å². The Balaban J connectivity index is 2.16. The fourth-order valence-corrected chi connectivity index (χ4v) is 3.77. The molecular formula is C24H38N8O5. The second-order valence-electron chi connectivity index (χ2n) is 9.95. The van der Waals surface area contributed by atoms with Crippen molar-refractivity contribution >= 4 is 23.7 Å². The summed E-state index contributed by atoms with van der Waals surface area (Å²) in [6, 6.07) is -4.09. The molecule has 0 bridgehead atoms. The van der Waals surface area contributed by atoms with Crippen molar-refractivity contribution < 1.29 is 24.3 Å². The molecule has 2 aromatic heterocycles. The number of aromatic amines is 2. The monoisotopic (exact) mass is 518 g/mol. The third-order valence-electron chi connectivity index (χ3n) is 5.61. The first-order valence-corrected chi connectivity index (χ1v) is 12.3. The predicted molar refractivity (Wildman–Crippen MR) is 135 cm³/mol. The molecule has 2 heterocycles. The van der Waals surface area contributed by atoms with E-state index in [1.807, 2.05) is 27.7 Å². The van der Waals surface area contributed by atoms with E-state index in [1.54, 1.807) is 6.20 Å². The molecule has 0 aliphatic heterocycles. The molecule has 0 saturated carbocycles. The van der Waals surface area contributed by atoms with Gasteiger partial charge in [-0.15, -0.1) is 0 Å². The maximum atomic E-state index is 13.3. The van der Waals surface area contributed by atoms with Crippen LogP contribution in [-0.4, -0.2) is 72.9 Å². The van der Waals surface area contributed by atoms with Crippen molar-refractivity contribution in [2.45, 2.75) is 77.5 Å². The highest BCUT2D eigenvalue weighted by Gasteiger charge is 2.31. The molecule has 0 spiro atoms. The van der Waals surface area contributed by atoms with Gasteiger partial charge in [0.25, 0.3) is 0 Å². The molecule has 37 heavy (non-hydrogen) atoms. The van der Waals surface area contributed by atoms with E-state index >= 15 is 0 Å². The lowest BCUT2D eigenvalue weighted by molar-refractivity contribution is -0.142. The number of H-pyrrole nitrogens is 2. The zero-order chi connectivity index (χ0) is 27.5. The first-order chi connectivity index (χ1) is 17.5. The number of carboxylic acids is 1. The van der Waals surface area contributed by atoms with Crippen LogP contribution in [0.1, 0.15) is 51.9 Å². The van der Waals surface area contributed by atoms with Gasteiger partial charge in [-0.05, 0) is 24.7 Å². The summed E-state index contributed by atoms with van der Waals surface area (Å²) in [7, 11) is 0. The number of hydrogen-bond acceptors (Lipinski definition) is 7. The summed E-state index contributed by atoms with van der Waals surface area (Å²) in [5, 5.41) is 17.4. The lowest BCUT2D eigenvalue weighted by atomic mass is 10.0. The third-order valence-corrected chi connectivity index (χ3v) is 5.61. The molecule has 0 aliphatic rings. The number of carbonyl (C=O) groups is 4. The number of nitrogens with one attached hydrogen (secondary N) is 5. The first kappa shape index (κ1) is 29.5. The zero-order valence-corrected chi connectivity index (χ0v) is 21.7. The van der Waals surface area contributed by atoms with Crippen molar-refractivity contribution in [3.8, 4) is 0 Å². The van der Waals surface area contributed by atoms with Gasteiger partial charge in [-0.1, -0.05) is 27.7 Å². The van der Waals surface area contributed by atoms with Crippen molar-refractivity contribution in [1.29, 1.82) is 0 Å². The minimum atomic E-state index is -1.16. The summed E-state index contributed by atoms with van der Waals surface area (Å²) in [6.07, 6.45) is 6.78. The number of aliphatic carboxylic acids is 1. The van der Waals surface area contributed by atoms with E-state index in [0.29, 0.717) is 17.8 Å². The predicted octanol–water partition coefficient (Wildman–Crippen LogP) is -0.123. The number of hydrogen-bond donors (Lipinski definition) is 7. The maximum Gasteiger partial charge on any atom is 0.326 e. The highest BCUT2D eigenvalue weighted by atomic mass is 16.4. The van der Waals surface area contributed by atoms with Crippen molar-refractivity contribution in [2.24, 2.45) is 17.6 Å². The Labute approximate surface area is 215 Å². The highest BCUT2D eigenvalue weighted by molar-refractivity contribution is 5.94. The molecular weight excluding hydrogens is 480 g/mol. The van der Waals surface area contributed by atoms with Crippen molar-refractivity contribution in [2.75, 3.05) is 0 Å². The number of carbonyl (C=O) groups excluding carboxylic acids is 3. The van der Waals surface area contributed by atoms with Crippen LogP contribution in [0.25, 0.3) is 0 Å². The van der Waals surface area contributed by atoms with Crippen molar-refractivity contribution in [1.82, 2.24) is 35.9 Å². The van der Waals surface area contributed by atoms with E-state index in [4.69, 9.17) is 5.73 Å². The number of rotatable bonds is 15. The molecule has 3 amide bonds. The fraction of sp³-hybridized carbons (Fsp3) is 0.583. The largest absolute Gasteiger partial charge is 0.480 e. The Hall–Kier alpha value is -3.74. The van der Waals surface area contributed by atoms with Gasteiger partial charge in [-0.3, -0.25) is 14.4 Å². The standard InChI is InChI=1S/C24H38N8O5/c1-13(2)5-18(30-21(33)17(25)7-15-9-26-11-28-15)22(34)31-19(8-16-10-27-12-29-16)23(35)32-20(24(36)37)6-14(3)4/h9-14,17-20H,5-8,25H2,1-4H3,(H,26,28)(H,27,29)(H,30,33)(H,31,34)(H,32,35)(H,36,37). The minimum absolute atomic E-state index is 0.0265. The summed E-state index contributed by atoms with van der Waals surface area (Å²) < 4.78 is 0. The molecule has 2 aromatic rings. The second-order valence-corrected chi connectivity index (χ2v) is 9.95. The third kappa shape index (κ3) is 10.0. The molecule has 0 aliphatic carbocycles. The van der Waals surface area contributed by atoms with Crippen LogP contribution in [0.5, 0.6) is 0 Å². The molecule has 13 nitrogen and oxygen atoms in total. The van der Waals surface area contributed by atoms with Gasteiger partial charge >= 0.3 is 5.97 Å². The van der Waals surface area contributed by atoms with E-state index in [1.165, 1.54) is 18.9 Å². The minimum Gasteiger partial charge on any atom is -0.480 e. The maximum absolute atomic E-state index is 13.3. The average Bonchev–Trinajstić information content (AvgIpc) is 3.51. The van der Waals surface area contributed by atoms with Crippen LogP contribution < -0.4 is 21.7 Å². The topological polar surface area (TPSA) is 208 Å². The lowest BCUT2D eigenvalue weighted by Gasteiger charge is -2.26. The summed E-state index contributed by atoms with van der Waals surface area (Å²) >= 11 is 0. The zero-order valence-electron chi connectivity index (χ0n) is 21.7. The van der Waals surface area contributed by atoms with Crippen LogP contribution in [-0.2, 0) is 32.0 Å². The molecule has 0 aromatic carbocycles. The quantitative estimate of drug-likeness (QED) is 0.169. The van der Waals surface area contributed by atoms with Gasteiger partial charge in [0.1, 0.15) is 18.1 Å². The van der Waals surface area contributed by atoms with Crippen LogP contribution in [0.2, 0.25) is 0 Å². The van der Waals surface area contributed by atoms with Crippen LogP contribution in [0.3, 0.4) is 0 Å². The molecule has 0 radical (unpaired) electrons. The Morgan fingerprint density at radius 2 is 1.24 bits per heavy atom. The number of imidazole rings is 2. The summed E-state index contributed by atoms with van der Waals surface area (Å²) in [4.78, 5) is 64.4. The van der Waals surface area contributed by atoms with Gasteiger partial charge in [-0.2, -0.15) is 0 Å². The van der Waals surface area contributed by atoms with Crippen LogP contribution in [0, 0.1) is 11.8 Å². The Morgan fingerprint density at radius 1 is 0.784 bits per heavy atom. The average molecular weight is 519 g/mol. The van der Waals surface area contributed by atoms with Gasteiger partial charge in [0, 0.05) is 36.6 Å². The molecule has 4 unspecified atom stereocenters. The number of amides is 3. The molecule has 2 rings (SSSR count). The summed E-state index contributed by atoms with van der Waals surface area (Å²) in [5.41, 5.74) is 7.28. The van der Waals surface area contributed by atoms with Gasteiger partial charge in [0.15, 0.2) is 0 Å². The molecule has 204 valence electrons. The first-order valence-electron chi connectivity index (χ1n) is 12.3. The molecule has 4 atom stereocenters.